The van der Waals surface area contributed by atoms with Crippen LogP contribution in [0.15, 0.2) is 42.9 Å². The van der Waals surface area contributed by atoms with Crippen molar-refractivity contribution in [1.29, 1.82) is 0 Å². The maximum atomic E-state index is 12.2. The number of methoxy groups -OCH3 is 1. The van der Waals surface area contributed by atoms with Gasteiger partial charge in [0.1, 0.15) is 17.0 Å². The molecule has 0 aliphatic carbocycles. The van der Waals surface area contributed by atoms with Crippen LogP contribution in [0.1, 0.15) is 23.0 Å². The lowest BCUT2D eigenvalue weighted by atomic mass is 9.92. The van der Waals surface area contributed by atoms with Crippen LogP contribution in [0.2, 0.25) is 0 Å². The highest BCUT2D eigenvalue weighted by molar-refractivity contribution is 5.96. The van der Waals surface area contributed by atoms with Crippen molar-refractivity contribution in [3.8, 4) is 5.75 Å². The largest absolute Gasteiger partial charge is 0.497 e. The van der Waals surface area contributed by atoms with E-state index in [2.05, 4.69) is 15.3 Å². The lowest BCUT2D eigenvalue weighted by Crippen LogP contribution is -2.54. The summed E-state index contributed by atoms with van der Waals surface area (Å²) in [5, 5.41) is 12.0. The van der Waals surface area contributed by atoms with Crippen LogP contribution in [0.4, 0.5) is 0 Å². The molecule has 0 aliphatic rings. The van der Waals surface area contributed by atoms with Crippen molar-refractivity contribution in [2.75, 3.05) is 7.11 Å². The van der Waals surface area contributed by atoms with Crippen LogP contribution < -0.4 is 10.1 Å². The molecule has 1 aromatic heterocycles. The molecule has 7 nitrogen and oxygen atoms in total. The van der Waals surface area contributed by atoms with Gasteiger partial charge in [-0.15, -0.1) is 0 Å². The Morgan fingerprint density at radius 1 is 1.26 bits per heavy atom. The Bertz CT molecular complexity index is 688. The number of aliphatic carboxylic acids is 1. The van der Waals surface area contributed by atoms with Gasteiger partial charge in [-0.2, -0.15) is 0 Å². The van der Waals surface area contributed by atoms with E-state index < -0.39 is 17.4 Å². The summed E-state index contributed by atoms with van der Waals surface area (Å²) < 4.78 is 5.07. The molecular formula is C16H17N3O4. The third kappa shape index (κ3) is 4.03. The molecule has 1 unspecified atom stereocenters. The van der Waals surface area contributed by atoms with E-state index in [4.69, 9.17) is 4.74 Å². The Kier molecular flexibility index (Phi) is 4.90. The number of carbonyl (C=O) groups excluding carboxylic acids is 1. The van der Waals surface area contributed by atoms with Gasteiger partial charge in [-0.05, 0) is 24.6 Å². The molecule has 1 heterocycles. The van der Waals surface area contributed by atoms with Crippen molar-refractivity contribution in [3.63, 3.8) is 0 Å². The highest BCUT2D eigenvalue weighted by atomic mass is 16.5. The number of aromatic nitrogens is 2. The molecule has 0 fully saturated rings. The van der Waals surface area contributed by atoms with Crippen LogP contribution >= 0.6 is 0 Å². The maximum Gasteiger partial charge on any atom is 0.329 e. The Balaban J connectivity index is 2.18. The van der Waals surface area contributed by atoms with Crippen LogP contribution in [-0.4, -0.2) is 39.6 Å². The molecule has 0 spiro atoms. The van der Waals surface area contributed by atoms with E-state index >= 15 is 0 Å². The van der Waals surface area contributed by atoms with E-state index in [9.17, 15) is 14.7 Å². The lowest BCUT2D eigenvalue weighted by molar-refractivity contribution is -0.143. The fraction of sp³-hybridized carbons (Fsp3) is 0.250. The van der Waals surface area contributed by atoms with Crippen LogP contribution in [0, 0.1) is 0 Å². The van der Waals surface area contributed by atoms with Gasteiger partial charge in [-0.25, -0.2) is 9.78 Å². The fourth-order valence-corrected chi connectivity index (χ4v) is 2.06. The summed E-state index contributed by atoms with van der Waals surface area (Å²) >= 11 is 0. The van der Waals surface area contributed by atoms with E-state index in [1.54, 1.807) is 31.4 Å². The monoisotopic (exact) mass is 315 g/mol. The fourth-order valence-electron chi connectivity index (χ4n) is 2.06. The standard InChI is InChI=1S/C16H17N3O4/c1-16(15(21)22,9-11-3-5-12(23-2)6-4-11)19-14(20)13-10-17-7-8-18-13/h3-8,10H,9H2,1-2H3,(H,19,20)(H,21,22). The Morgan fingerprint density at radius 2 is 1.96 bits per heavy atom. The van der Waals surface area contributed by atoms with Crippen LogP contribution in [0.25, 0.3) is 0 Å². The molecule has 2 aromatic rings. The molecule has 1 aromatic carbocycles. The molecule has 120 valence electrons. The minimum Gasteiger partial charge on any atom is -0.497 e. The van der Waals surface area contributed by atoms with Gasteiger partial charge in [0, 0.05) is 18.8 Å². The summed E-state index contributed by atoms with van der Waals surface area (Å²) in [5.41, 5.74) is -0.645. The quantitative estimate of drug-likeness (QED) is 0.833. The number of hydrogen-bond donors (Lipinski definition) is 2. The average molecular weight is 315 g/mol. The maximum absolute atomic E-state index is 12.2. The number of amides is 1. The van der Waals surface area contributed by atoms with Gasteiger partial charge in [-0.3, -0.25) is 9.78 Å². The predicted molar refractivity (Wildman–Crippen MR) is 82.2 cm³/mol. The number of carbonyl (C=O) groups is 2. The zero-order valence-corrected chi connectivity index (χ0v) is 12.8. The summed E-state index contributed by atoms with van der Waals surface area (Å²) in [6.45, 7) is 1.45. The van der Waals surface area contributed by atoms with Gasteiger partial charge in [0.05, 0.1) is 13.3 Å². The number of ether oxygens (including phenoxy) is 1. The molecule has 2 rings (SSSR count). The number of nitrogens with zero attached hydrogens (tertiary/aromatic N) is 2. The summed E-state index contributed by atoms with van der Waals surface area (Å²) in [6, 6.07) is 6.99. The van der Waals surface area contributed by atoms with Gasteiger partial charge in [0.25, 0.3) is 5.91 Å². The van der Waals surface area contributed by atoms with Crippen LogP contribution in [0.3, 0.4) is 0 Å². The zero-order valence-electron chi connectivity index (χ0n) is 12.8. The first-order chi connectivity index (χ1) is 10.9. The third-order valence-electron chi connectivity index (χ3n) is 3.37. The Hall–Kier alpha value is -2.96. The van der Waals surface area contributed by atoms with E-state index in [1.165, 1.54) is 25.5 Å². The average Bonchev–Trinajstić information content (AvgIpc) is 2.56. The van der Waals surface area contributed by atoms with Crippen molar-refractivity contribution in [1.82, 2.24) is 15.3 Å². The third-order valence-corrected chi connectivity index (χ3v) is 3.37. The van der Waals surface area contributed by atoms with Gasteiger partial charge in [0.2, 0.25) is 0 Å². The molecule has 2 N–H and O–H groups in total. The molecule has 1 amide bonds. The first-order valence-electron chi connectivity index (χ1n) is 6.89. The highest BCUT2D eigenvalue weighted by Crippen LogP contribution is 2.18. The van der Waals surface area contributed by atoms with E-state index in [1.807, 2.05) is 0 Å². The first-order valence-corrected chi connectivity index (χ1v) is 6.89. The summed E-state index contributed by atoms with van der Waals surface area (Å²) in [4.78, 5) is 31.5. The lowest BCUT2D eigenvalue weighted by Gasteiger charge is -2.26. The van der Waals surface area contributed by atoms with Crippen LogP contribution in [0.5, 0.6) is 5.75 Å². The van der Waals surface area contributed by atoms with Gasteiger partial charge in [-0.1, -0.05) is 12.1 Å². The molecule has 1 atom stereocenters. The number of hydrogen-bond acceptors (Lipinski definition) is 5. The molecule has 0 saturated carbocycles. The second-order valence-corrected chi connectivity index (χ2v) is 5.21. The van der Waals surface area contributed by atoms with Crippen molar-refractivity contribution in [2.45, 2.75) is 18.9 Å². The molecule has 0 radical (unpaired) electrons. The molecule has 0 bridgehead atoms. The predicted octanol–water partition coefficient (Wildman–Crippen LogP) is 1.30. The highest BCUT2D eigenvalue weighted by Gasteiger charge is 2.35. The SMILES string of the molecule is COc1ccc(CC(C)(NC(=O)c2cnccn2)C(=O)O)cc1. The summed E-state index contributed by atoms with van der Waals surface area (Å²) in [6.07, 6.45) is 4.21. The van der Waals surface area contributed by atoms with Crippen molar-refractivity contribution >= 4 is 11.9 Å². The minimum absolute atomic E-state index is 0.0645. The zero-order chi connectivity index (χ0) is 16.9. The van der Waals surface area contributed by atoms with Crippen molar-refractivity contribution < 1.29 is 19.4 Å². The van der Waals surface area contributed by atoms with E-state index in [0.717, 1.165) is 5.56 Å². The van der Waals surface area contributed by atoms with Gasteiger partial charge < -0.3 is 15.2 Å². The topological polar surface area (TPSA) is 101 Å². The molecule has 23 heavy (non-hydrogen) atoms. The first kappa shape index (κ1) is 16.4. The Morgan fingerprint density at radius 3 is 2.48 bits per heavy atom. The van der Waals surface area contributed by atoms with Crippen LogP contribution in [-0.2, 0) is 11.2 Å². The molecule has 7 heteroatoms. The normalized spacial score (nSPS) is 13.0. The Labute approximate surface area is 133 Å². The number of carboxylic acid groups (broad SMARTS) is 1. The van der Waals surface area contributed by atoms with Gasteiger partial charge in [0.15, 0.2) is 0 Å². The molecular weight excluding hydrogens is 298 g/mol. The minimum atomic E-state index is -1.47. The smallest absolute Gasteiger partial charge is 0.329 e. The number of nitrogens with one attached hydrogen (secondary N) is 1. The van der Waals surface area contributed by atoms with Crippen molar-refractivity contribution in [2.24, 2.45) is 0 Å². The number of carboxylic acids is 1. The van der Waals surface area contributed by atoms with E-state index in [0.29, 0.717) is 5.75 Å². The molecule has 0 aliphatic heterocycles. The second kappa shape index (κ2) is 6.87. The summed E-state index contributed by atoms with van der Waals surface area (Å²) in [5.74, 6) is -1.04. The second-order valence-electron chi connectivity index (χ2n) is 5.21. The number of benzene rings is 1. The van der Waals surface area contributed by atoms with E-state index in [-0.39, 0.29) is 12.1 Å². The van der Waals surface area contributed by atoms with Crippen molar-refractivity contribution in [3.05, 3.63) is 54.1 Å². The molecule has 0 saturated heterocycles. The number of rotatable bonds is 6. The van der Waals surface area contributed by atoms with Gasteiger partial charge >= 0.3 is 5.97 Å². The summed E-state index contributed by atoms with van der Waals surface area (Å²) in [7, 11) is 1.55.